The molecule has 35 unspecified atom stereocenters. The SMILES string of the molecule is COCC1OC2OC3C(COC)OC(OC4C(COC)OC(OC5C(COC)OC(OC6C(COC)OC(OC7C(COC)OC(OC8C(COC)OC(OC1C(OC)C2OC)C(OC)C8OC)C(OC)C7OC)C(OC)C6OCc1ccccc1)C(OC)C5OC)C(OC)C4OC)C(OC)C3OC. The fourth-order valence-corrected chi connectivity index (χ4v) is 15.5. The maximum atomic E-state index is 7.23. The number of hydrogen-bond acceptors (Lipinski definition) is 35. The Morgan fingerprint density at radius 3 is 0.529 bits per heavy atom. The number of ether oxygens (including phenoxy) is 35. The van der Waals surface area contributed by atoms with Crippen LogP contribution < -0.4 is 0 Å². The first-order valence-corrected chi connectivity index (χ1v) is 34.8. The minimum atomic E-state index is -1.26. The highest BCUT2D eigenvalue weighted by atomic mass is 16.8. The van der Waals surface area contributed by atoms with Crippen molar-refractivity contribution in [3.8, 4) is 0 Å². The lowest BCUT2D eigenvalue weighted by Crippen LogP contribution is -2.69. The molecule has 1 aromatic rings. The van der Waals surface area contributed by atoms with Crippen LogP contribution in [0.5, 0.6) is 0 Å². The Hall–Kier alpha value is -2.18. The van der Waals surface area contributed by atoms with E-state index in [9.17, 15) is 0 Å². The molecule has 21 aliphatic rings. The summed E-state index contributed by atoms with van der Waals surface area (Å²) in [5.74, 6) is 0. The molecule has 0 radical (unpaired) electrons. The molecule has 35 heteroatoms. The Labute approximate surface area is 609 Å². The number of hydrogen-bond donors (Lipinski definition) is 0. The zero-order valence-electron chi connectivity index (χ0n) is 63.5. The third kappa shape index (κ3) is 19.1. The second-order valence-corrected chi connectivity index (χ2v) is 26.1. The molecule has 21 saturated heterocycles. The fraction of sp³-hybridized carbons (Fsp3) is 0.913. The van der Waals surface area contributed by atoms with E-state index in [4.69, 9.17) is 166 Å². The molecule has 14 bridgehead atoms. The van der Waals surface area contributed by atoms with E-state index in [1.807, 2.05) is 30.3 Å². The van der Waals surface area contributed by atoms with E-state index < -0.39 is 215 Å². The summed E-state index contributed by atoms with van der Waals surface area (Å²) < 4.78 is 229. The zero-order chi connectivity index (χ0) is 74.7. The van der Waals surface area contributed by atoms with Gasteiger partial charge in [-0.3, -0.25) is 0 Å². The van der Waals surface area contributed by atoms with Crippen LogP contribution in [-0.2, 0) is 172 Å². The van der Waals surface area contributed by atoms with E-state index in [-0.39, 0.29) is 52.9 Å². The highest BCUT2D eigenvalue weighted by Crippen LogP contribution is 2.43. The van der Waals surface area contributed by atoms with Gasteiger partial charge in [0.05, 0.1) is 52.9 Å². The third-order valence-corrected chi connectivity index (χ3v) is 20.3. The lowest BCUT2D eigenvalue weighted by atomic mass is 9.94. The Kier molecular flexibility index (Phi) is 35.0. The molecule has 0 saturated carbocycles. The minimum absolute atomic E-state index is 0.0424. The van der Waals surface area contributed by atoms with Gasteiger partial charge in [-0.05, 0) is 5.56 Å². The van der Waals surface area contributed by atoms with Gasteiger partial charge in [0.15, 0.2) is 44.0 Å². The summed E-state index contributed by atoms with van der Waals surface area (Å²) in [4.78, 5) is 0. The van der Waals surface area contributed by atoms with E-state index in [1.54, 1.807) is 0 Å². The van der Waals surface area contributed by atoms with Gasteiger partial charge in [-0.25, -0.2) is 0 Å². The zero-order valence-corrected chi connectivity index (χ0v) is 63.5. The topological polar surface area (TPSA) is 323 Å². The molecule has 21 heterocycles. The standard InChI is InChI=1S/C69H116O35/c1-70-27-35-42-49(77-8)57(84-15)64(92-35)100-44-37(29-72-3)94-66(59(86-17)51(44)79-10)102-46-39(31-74-5)96-68(61(88-19)53(46)81-12)104-48-41(33-76-7)97-69(62(89-20)55(48)90-26-34-24-22-21-23-25-34)103-47-40(32-75-6)95-67(60(87-18)54(47)82-13)101-45-38(30-73-4)93-65(58(85-16)52(45)80-11)99-43-36(28-71-2)91-63(98-42)56(83-14)50(43)78-9/h21-25,35-69H,26-33H2,1-20H3. The number of benzene rings is 1. The Bertz CT molecular complexity index is 2510. The molecule has 104 heavy (non-hydrogen) atoms. The van der Waals surface area contributed by atoms with Crippen molar-refractivity contribution in [2.24, 2.45) is 0 Å². The van der Waals surface area contributed by atoms with Gasteiger partial charge in [0.1, 0.15) is 171 Å². The van der Waals surface area contributed by atoms with Crippen LogP contribution in [0, 0.1) is 0 Å². The molecule has 22 rings (SSSR count). The smallest absolute Gasteiger partial charge is 0.187 e. The van der Waals surface area contributed by atoms with Crippen LogP contribution in [0.25, 0.3) is 0 Å². The monoisotopic (exact) mass is 1500 g/mol. The Morgan fingerprint density at radius 2 is 0.365 bits per heavy atom. The predicted octanol–water partition coefficient (Wildman–Crippen LogP) is 0.0759. The highest BCUT2D eigenvalue weighted by Gasteiger charge is 2.62. The van der Waals surface area contributed by atoms with Gasteiger partial charge < -0.3 is 166 Å². The van der Waals surface area contributed by atoms with Gasteiger partial charge >= 0.3 is 0 Å². The summed E-state index contributed by atoms with van der Waals surface area (Å²) in [7, 11) is 30.3. The molecule has 35 nitrogen and oxygen atoms in total. The van der Waals surface area contributed by atoms with Crippen molar-refractivity contribution in [1.29, 1.82) is 0 Å². The van der Waals surface area contributed by atoms with Gasteiger partial charge in [0, 0.05) is 142 Å². The molecule has 602 valence electrons. The summed E-state index contributed by atoms with van der Waals surface area (Å²) in [6.07, 6.45) is -36.6. The number of rotatable bonds is 30. The predicted molar refractivity (Wildman–Crippen MR) is 353 cm³/mol. The van der Waals surface area contributed by atoms with Crippen LogP contribution >= 0.6 is 0 Å². The van der Waals surface area contributed by atoms with E-state index >= 15 is 0 Å². The lowest BCUT2D eigenvalue weighted by molar-refractivity contribution is -0.403. The largest absolute Gasteiger partial charge is 0.382 e. The molecule has 0 N–H and O–H groups in total. The molecule has 0 amide bonds. The Balaban J connectivity index is 1.16. The molecular weight excluding hydrogens is 1390 g/mol. The van der Waals surface area contributed by atoms with Crippen LogP contribution in [-0.4, -0.2) is 403 Å². The van der Waals surface area contributed by atoms with Crippen molar-refractivity contribution in [2.75, 3.05) is 188 Å². The van der Waals surface area contributed by atoms with Crippen molar-refractivity contribution in [3.05, 3.63) is 35.9 Å². The van der Waals surface area contributed by atoms with Crippen LogP contribution in [0.4, 0.5) is 0 Å². The highest BCUT2D eigenvalue weighted by molar-refractivity contribution is 5.14. The molecular formula is C69H116O35. The van der Waals surface area contributed by atoms with E-state index in [0.717, 1.165) is 5.56 Å². The van der Waals surface area contributed by atoms with Gasteiger partial charge in [0.25, 0.3) is 0 Å². The molecule has 21 aliphatic heterocycles. The minimum Gasteiger partial charge on any atom is -0.382 e. The van der Waals surface area contributed by atoms with Crippen molar-refractivity contribution in [1.82, 2.24) is 0 Å². The summed E-state index contributed by atoms with van der Waals surface area (Å²) in [6, 6.07) is 9.62. The van der Waals surface area contributed by atoms with Crippen LogP contribution in [0.1, 0.15) is 5.56 Å². The van der Waals surface area contributed by atoms with E-state index in [1.165, 1.54) is 142 Å². The number of methoxy groups -OCH3 is 20. The average Bonchev–Trinajstić information content (AvgIpc) is 0.767. The second-order valence-electron chi connectivity index (χ2n) is 26.1. The Morgan fingerprint density at radius 1 is 0.202 bits per heavy atom. The summed E-state index contributed by atoms with van der Waals surface area (Å²) in [5, 5.41) is 0. The normalized spacial score (nSPS) is 44.1. The van der Waals surface area contributed by atoms with E-state index in [0.29, 0.717) is 0 Å². The van der Waals surface area contributed by atoms with Crippen LogP contribution in [0.2, 0.25) is 0 Å². The first-order valence-electron chi connectivity index (χ1n) is 34.8. The van der Waals surface area contributed by atoms with Gasteiger partial charge in [-0.2, -0.15) is 0 Å². The van der Waals surface area contributed by atoms with Crippen molar-refractivity contribution < 1.29 is 166 Å². The maximum absolute atomic E-state index is 7.23. The van der Waals surface area contributed by atoms with Crippen molar-refractivity contribution in [2.45, 2.75) is 222 Å². The van der Waals surface area contributed by atoms with Crippen LogP contribution in [0.15, 0.2) is 30.3 Å². The van der Waals surface area contributed by atoms with Gasteiger partial charge in [-0.15, -0.1) is 0 Å². The molecule has 1 aromatic carbocycles. The average molecular weight is 1510 g/mol. The molecule has 0 aromatic heterocycles. The summed E-state index contributed by atoms with van der Waals surface area (Å²) >= 11 is 0. The summed E-state index contributed by atoms with van der Waals surface area (Å²) in [5.41, 5.74) is 0.844. The first kappa shape index (κ1) is 85.8. The quantitative estimate of drug-likeness (QED) is 0.0984. The van der Waals surface area contributed by atoms with Crippen molar-refractivity contribution >= 4 is 0 Å². The summed E-state index contributed by atoms with van der Waals surface area (Å²) in [6.45, 7) is -0.253. The van der Waals surface area contributed by atoms with E-state index in [2.05, 4.69) is 0 Å². The fourth-order valence-electron chi connectivity index (χ4n) is 15.5. The molecule has 0 aliphatic carbocycles. The van der Waals surface area contributed by atoms with Gasteiger partial charge in [-0.1, -0.05) is 30.3 Å². The molecule has 35 atom stereocenters. The third-order valence-electron chi connectivity index (χ3n) is 20.3. The second kappa shape index (κ2) is 42.5. The van der Waals surface area contributed by atoms with Crippen molar-refractivity contribution in [3.63, 3.8) is 0 Å². The maximum Gasteiger partial charge on any atom is 0.187 e. The molecule has 0 spiro atoms. The van der Waals surface area contributed by atoms with Gasteiger partial charge in [0.2, 0.25) is 0 Å². The van der Waals surface area contributed by atoms with Crippen LogP contribution in [0.3, 0.4) is 0 Å². The first-order chi connectivity index (χ1) is 50.7. The molecule has 21 fully saturated rings. The lowest BCUT2D eigenvalue weighted by Gasteiger charge is -2.52.